The van der Waals surface area contributed by atoms with Crippen molar-refractivity contribution < 1.29 is 8.42 Å². The summed E-state index contributed by atoms with van der Waals surface area (Å²) in [5, 5.41) is 3.46. The number of likely N-dealkylation sites (tertiary alicyclic amines) is 1. The van der Waals surface area contributed by atoms with E-state index in [2.05, 4.69) is 29.1 Å². The number of guanidine groups is 1. The molecule has 1 unspecified atom stereocenters. The number of sulfone groups is 1. The molecule has 0 aromatic heterocycles. The Morgan fingerprint density at radius 2 is 1.89 bits per heavy atom. The second-order valence-corrected chi connectivity index (χ2v) is 9.23. The summed E-state index contributed by atoms with van der Waals surface area (Å²) in [6.07, 6.45) is 5.83. The van der Waals surface area contributed by atoms with Crippen molar-refractivity contribution in [1.29, 1.82) is 0 Å². The molecule has 1 aromatic rings. The number of hydrogen-bond donors (Lipinski definition) is 1. The van der Waals surface area contributed by atoms with E-state index in [0.717, 1.165) is 49.4 Å². The number of aliphatic imine (C=N–C) groups is 1. The zero-order valence-electron chi connectivity index (χ0n) is 16.9. The molecular weight excluding hydrogens is 473 g/mol. The van der Waals surface area contributed by atoms with Gasteiger partial charge in [-0.15, -0.1) is 24.0 Å². The van der Waals surface area contributed by atoms with Crippen molar-refractivity contribution in [3.8, 4) is 0 Å². The number of halogens is 1. The fourth-order valence-corrected chi connectivity index (χ4v) is 4.50. The minimum atomic E-state index is -3.13. The molecule has 27 heavy (non-hydrogen) atoms. The molecule has 0 amide bonds. The fraction of sp³-hybridized carbons (Fsp3) is 0.650. The van der Waals surface area contributed by atoms with Gasteiger partial charge in [0.25, 0.3) is 0 Å². The van der Waals surface area contributed by atoms with Gasteiger partial charge in [-0.3, -0.25) is 4.99 Å². The summed E-state index contributed by atoms with van der Waals surface area (Å²) in [4.78, 5) is 7.19. The molecule has 1 saturated heterocycles. The molecule has 0 saturated carbocycles. The Hall–Kier alpha value is -0.830. The molecule has 1 aromatic carbocycles. The highest BCUT2D eigenvalue weighted by atomic mass is 127. The van der Waals surface area contributed by atoms with Crippen molar-refractivity contribution >= 4 is 39.8 Å². The number of nitrogens with zero attached hydrogens (tertiary/aromatic N) is 2. The molecule has 0 aliphatic carbocycles. The smallest absolute Gasteiger partial charge is 0.193 e. The molecule has 1 atom stereocenters. The van der Waals surface area contributed by atoms with Crippen LogP contribution < -0.4 is 5.32 Å². The highest BCUT2D eigenvalue weighted by Gasteiger charge is 2.29. The van der Waals surface area contributed by atoms with Crippen molar-refractivity contribution in [1.82, 2.24) is 10.2 Å². The quantitative estimate of drug-likeness (QED) is 0.348. The van der Waals surface area contributed by atoms with Gasteiger partial charge in [-0.05, 0) is 42.4 Å². The van der Waals surface area contributed by atoms with Gasteiger partial charge in [-0.25, -0.2) is 8.42 Å². The molecule has 2 rings (SSSR count). The maximum absolute atomic E-state index is 11.5. The lowest BCUT2D eigenvalue weighted by atomic mass is 9.87. The summed E-state index contributed by atoms with van der Waals surface area (Å²) in [5.41, 5.74) is 1.12. The van der Waals surface area contributed by atoms with E-state index in [4.69, 9.17) is 0 Å². The fourth-order valence-electron chi connectivity index (χ4n) is 3.87. The average molecular weight is 507 g/mol. The first kappa shape index (κ1) is 24.2. The number of rotatable bonds is 7. The Morgan fingerprint density at radius 1 is 1.26 bits per heavy atom. The highest BCUT2D eigenvalue weighted by molar-refractivity contribution is 14.0. The van der Waals surface area contributed by atoms with Gasteiger partial charge in [-0.1, -0.05) is 38.8 Å². The molecule has 0 bridgehead atoms. The van der Waals surface area contributed by atoms with Crippen molar-refractivity contribution in [3.05, 3.63) is 29.8 Å². The minimum absolute atomic E-state index is 0. The summed E-state index contributed by atoms with van der Waals surface area (Å²) in [7, 11) is -1.29. The summed E-state index contributed by atoms with van der Waals surface area (Å²) in [5.74, 6) is 2.56. The van der Waals surface area contributed by atoms with Gasteiger partial charge in [0.2, 0.25) is 0 Å². The van der Waals surface area contributed by atoms with Gasteiger partial charge >= 0.3 is 0 Å². The van der Waals surface area contributed by atoms with E-state index in [1.165, 1.54) is 25.5 Å². The van der Waals surface area contributed by atoms with Crippen LogP contribution in [0, 0.1) is 11.8 Å². The first-order valence-electron chi connectivity index (χ1n) is 9.63. The van der Waals surface area contributed by atoms with Gasteiger partial charge in [0.15, 0.2) is 15.8 Å². The predicted octanol–water partition coefficient (Wildman–Crippen LogP) is 3.58. The topological polar surface area (TPSA) is 61.8 Å². The van der Waals surface area contributed by atoms with Crippen LogP contribution in [0.5, 0.6) is 0 Å². The number of benzene rings is 1. The number of nitrogens with one attached hydrogen (secondary N) is 1. The van der Waals surface area contributed by atoms with E-state index < -0.39 is 9.84 Å². The zero-order chi connectivity index (χ0) is 19.2. The molecule has 5 nitrogen and oxygen atoms in total. The average Bonchev–Trinajstić information content (AvgIpc) is 3.09. The Bertz CT molecular complexity index is 700. The second kappa shape index (κ2) is 11.2. The normalized spacial score (nSPS) is 17.9. The summed E-state index contributed by atoms with van der Waals surface area (Å²) in [6, 6.07) is 7.14. The lowest BCUT2D eigenvalue weighted by Gasteiger charge is -2.24. The molecule has 0 spiro atoms. The van der Waals surface area contributed by atoms with E-state index in [1.54, 1.807) is 12.1 Å². The van der Waals surface area contributed by atoms with Gasteiger partial charge in [0.1, 0.15) is 0 Å². The summed E-state index contributed by atoms with van der Waals surface area (Å²) < 4.78 is 23.0. The van der Waals surface area contributed by atoms with Gasteiger partial charge in [0, 0.05) is 32.9 Å². The SMILES string of the molecule is CCC(CC)C1CCN(C(=NC)NCCc2ccc(S(C)(=O)=O)cc2)C1.I. The molecule has 1 heterocycles. The molecule has 7 heteroatoms. The lowest BCUT2D eigenvalue weighted by molar-refractivity contribution is 0.319. The van der Waals surface area contributed by atoms with Crippen molar-refractivity contribution in [2.45, 2.75) is 44.4 Å². The third kappa shape index (κ3) is 6.93. The summed E-state index contributed by atoms with van der Waals surface area (Å²) >= 11 is 0. The third-order valence-corrected chi connectivity index (χ3v) is 6.63. The van der Waals surface area contributed by atoms with Crippen LogP contribution >= 0.6 is 24.0 Å². The van der Waals surface area contributed by atoms with E-state index in [0.29, 0.717) is 4.90 Å². The standard InChI is InChI=1S/C20H33N3O2S.HI/c1-5-17(6-2)18-12-14-23(15-18)20(21-3)22-13-11-16-7-9-19(10-8-16)26(4,24)25;/h7-10,17-18H,5-6,11-15H2,1-4H3,(H,21,22);1H. The van der Waals surface area contributed by atoms with Crippen LogP contribution in [0.15, 0.2) is 34.2 Å². The van der Waals surface area contributed by atoms with E-state index >= 15 is 0 Å². The van der Waals surface area contributed by atoms with Gasteiger partial charge < -0.3 is 10.2 Å². The van der Waals surface area contributed by atoms with Crippen LogP contribution in [-0.4, -0.2) is 52.2 Å². The maximum atomic E-state index is 11.5. The Kier molecular flexibility index (Phi) is 10.1. The predicted molar refractivity (Wildman–Crippen MR) is 124 cm³/mol. The first-order valence-corrected chi connectivity index (χ1v) is 11.5. The molecule has 1 aliphatic heterocycles. The first-order chi connectivity index (χ1) is 12.4. The van der Waals surface area contributed by atoms with Crippen molar-refractivity contribution in [2.75, 3.05) is 32.9 Å². The molecule has 0 radical (unpaired) electrons. The molecule has 1 fully saturated rings. The largest absolute Gasteiger partial charge is 0.356 e. The third-order valence-electron chi connectivity index (χ3n) is 5.50. The Labute approximate surface area is 182 Å². The minimum Gasteiger partial charge on any atom is -0.356 e. The molecule has 1 aliphatic rings. The zero-order valence-corrected chi connectivity index (χ0v) is 20.1. The van der Waals surface area contributed by atoms with Crippen LogP contribution in [-0.2, 0) is 16.3 Å². The maximum Gasteiger partial charge on any atom is 0.193 e. The lowest BCUT2D eigenvalue weighted by Crippen LogP contribution is -2.41. The van der Waals surface area contributed by atoms with Crippen LogP contribution in [0.2, 0.25) is 0 Å². The van der Waals surface area contributed by atoms with E-state index in [-0.39, 0.29) is 24.0 Å². The van der Waals surface area contributed by atoms with Gasteiger partial charge in [-0.2, -0.15) is 0 Å². The van der Waals surface area contributed by atoms with Crippen LogP contribution in [0.25, 0.3) is 0 Å². The Balaban J connectivity index is 0.00000364. The number of hydrogen-bond acceptors (Lipinski definition) is 3. The van der Waals surface area contributed by atoms with Crippen LogP contribution in [0.1, 0.15) is 38.7 Å². The van der Waals surface area contributed by atoms with Crippen molar-refractivity contribution in [3.63, 3.8) is 0 Å². The summed E-state index contributed by atoms with van der Waals surface area (Å²) in [6.45, 7) is 7.54. The van der Waals surface area contributed by atoms with E-state index in [1.807, 2.05) is 19.2 Å². The van der Waals surface area contributed by atoms with Crippen molar-refractivity contribution in [2.24, 2.45) is 16.8 Å². The van der Waals surface area contributed by atoms with Crippen LogP contribution in [0.4, 0.5) is 0 Å². The highest BCUT2D eigenvalue weighted by Crippen LogP contribution is 2.28. The monoisotopic (exact) mass is 507 g/mol. The van der Waals surface area contributed by atoms with Crippen LogP contribution in [0.3, 0.4) is 0 Å². The van der Waals surface area contributed by atoms with Gasteiger partial charge in [0.05, 0.1) is 4.90 Å². The molecule has 1 N–H and O–H groups in total. The Morgan fingerprint density at radius 3 is 2.41 bits per heavy atom. The second-order valence-electron chi connectivity index (χ2n) is 7.21. The molecule has 154 valence electrons. The van der Waals surface area contributed by atoms with E-state index in [9.17, 15) is 8.42 Å². The molecular formula is C20H34IN3O2S.